The van der Waals surface area contributed by atoms with Gasteiger partial charge in [-0.25, -0.2) is 4.99 Å². The summed E-state index contributed by atoms with van der Waals surface area (Å²) in [5.41, 5.74) is 28.4. The molecule has 6 nitrogen and oxygen atoms in total. The second-order valence-electron chi connectivity index (χ2n) is 11.0. The minimum Gasteiger partial charge on any atom is -0.396 e. The lowest BCUT2D eigenvalue weighted by Crippen LogP contribution is -2.20. The number of amidine groups is 1. The van der Waals surface area contributed by atoms with Gasteiger partial charge in [-0.2, -0.15) is 4.99 Å². The van der Waals surface area contributed by atoms with E-state index in [1.165, 1.54) is 11.3 Å². The molecule has 2 aromatic heterocycles. The Balaban J connectivity index is 1.60. The van der Waals surface area contributed by atoms with Gasteiger partial charge in [0.15, 0.2) is 0 Å². The van der Waals surface area contributed by atoms with Crippen LogP contribution in [0.15, 0.2) is 151 Å². The molecule has 0 fully saturated rings. The number of nitrogen functional groups attached to an aromatic ring is 2. The lowest BCUT2D eigenvalue weighted by Gasteiger charge is -2.14. The van der Waals surface area contributed by atoms with Gasteiger partial charge in [-0.15, -0.1) is 17.9 Å². The van der Waals surface area contributed by atoms with Gasteiger partial charge in [0.25, 0.3) is 0 Å². The summed E-state index contributed by atoms with van der Waals surface area (Å²) in [7, 11) is 0. The molecule has 0 aliphatic rings. The Morgan fingerprint density at radius 3 is 2.32 bits per heavy atom. The van der Waals surface area contributed by atoms with Gasteiger partial charge in [-0.05, 0) is 46.9 Å². The summed E-state index contributed by atoms with van der Waals surface area (Å²) in [4.78, 5) is 10.2. The predicted molar refractivity (Wildman–Crippen MR) is 204 cm³/mol. The highest BCUT2D eigenvalue weighted by molar-refractivity contribution is 7.23. The second-order valence-corrected chi connectivity index (χ2v) is 12.1. The van der Waals surface area contributed by atoms with Gasteiger partial charge in [0.05, 0.1) is 28.4 Å². The van der Waals surface area contributed by atoms with E-state index in [9.17, 15) is 0 Å². The van der Waals surface area contributed by atoms with Crippen molar-refractivity contribution in [2.24, 2.45) is 15.7 Å². The van der Waals surface area contributed by atoms with E-state index in [0.29, 0.717) is 29.0 Å². The molecule has 47 heavy (non-hydrogen) atoms. The van der Waals surface area contributed by atoms with Crippen LogP contribution in [0.3, 0.4) is 0 Å². The molecule has 0 aliphatic heterocycles. The summed E-state index contributed by atoms with van der Waals surface area (Å²) in [6.07, 6.45) is 8.10. The number of aliphatic imine (C=N–C) groups is 2. The molecule has 6 rings (SSSR count). The highest BCUT2D eigenvalue weighted by Gasteiger charge is 2.25. The van der Waals surface area contributed by atoms with Gasteiger partial charge in [-0.3, -0.25) is 4.57 Å². The van der Waals surface area contributed by atoms with Crippen LogP contribution in [0.4, 0.5) is 10.7 Å². The second kappa shape index (κ2) is 13.6. The number of nitrogens with two attached hydrogens (primary N) is 3. The van der Waals surface area contributed by atoms with E-state index in [2.05, 4.69) is 50.1 Å². The van der Waals surface area contributed by atoms with E-state index in [0.717, 1.165) is 66.5 Å². The van der Waals surface area contributed by atoms with Gasteiger partial charge in [0.2, 0.25) is 5.96 Å². The predicted octanol–water partition coefficient (Wildman–Crippen LogP) is 8.98. The Morgan fingerprint density at radius 1 is 0.809 bits per heavy atom. The summed E-state index contributed by atoms with van der Waals surface area (Å²) in [5, 5.41) is 2.55. The van der Waals surface area contributed by atoms with Crippen molar-refractivity contribution < 1.29 is 0 Å². The fraction of sp³-hybridized carbons (Fsp3) is 0.0500. The zero-order valence-electron chi connectivity index (χ0n) is 26.1. The first-order valence-electron chi connectivity index (χ1n) is 15.2. The quantitative estimate of drug-likeness (QED) is 0.0641. The molecule has 0 aliphatic carbocycles. The number of rotatable bonds is 9. The van der Waals surface area contributed by atoms with Crippen LogP contribution in [0, 0.1) is 0 Å². The first-order chi connectivity index (χ1) is 22.9. The topological polar surface area (TPSA) is 108 Å². The third-order valence-corrected chi connectivity index (χ3v) is 8.98. The molecule has 0 unspecified atom stereocenters. The number of para-hydroxylation sites is 1. The smallest absolute Gasteiger partial charge is 0.232 e. The lowest BCUT2D eigenvalue weighted by molar-refractivity contribution is 1.02. The first-order valence-corrected chi connectivity index (χ1v) is 16.0. The summed E-state index contributed by atoms with van der Waals surface area (Å²) in [6, 6.07) is 32.3. The molecule has 0 radical (unpaired) electrons. The standard InChI is InChI=1S/C40H36N6S/c1-4-13-26-15-11-16-27(23-26)25-44-40(45-38(42)30-18-12-17-29(24-30)28(6-3)14-5-2)46-33-21-9-7-19-31(33)36(41)37(46)35-32-20-8-10-22-34(32)47-39(35)43/h4-12,14-24H,1-3,13,25,41,43H2,(H2,42,44,45)/b28-14+. The van der Waals surface area contributed by atoms with E-state index in [1.807, 2.05) is 83.4 Å². The number of allylic oxidation sites excluding steroid dienone is 5. The van der Waals surface area contributed by atoms with Crippen molar-refractivity contribution in [3.05, 3.63) is 163 Å². The Bertz CT molecular complexity index is 2240. The molecule has 0 bridgehead atoms. The number of hydrogen-bond donors (Lipinski definition) is 3. The fourth-order valence-corrected chi connectivity index (χ4v) is 6.78. The number of nitrogens with zero attached hydrogens (tertiary/aromatic N) is 3. The maximum absolute atomic E-state index is 6.99. The van der Waals surface area contributed by atoms with Crippen molar-refractivity contribution in [3.8, 4) is 11.3 Å². The van der Waals surface area contributed by atoms with E-state index in [1.54, 1.807) is 12.2 Å². The highest BCUT2D eigenvalue weighted by Crippen LogP contribution is 2.46. The molecule has 0 saturated carbocycles. The maximum atomic E-state index is 6.99. The molecule has 6 aromatic rings. The number of fused-ring (bicyclic) bond motifs is 2. The highest BCUT2D eigenvalue weighted by atomic mass is 32.1. The molecule has 4 aromatic carbocycles. The van der Waals surface area contributed by atoms with Crippen LogP contribution in [0.5, 0.6) is 0 Å². The van der Waals surface area contributed by atoms with Crippen molar-refractivity contribution in [2.45, 2.75) is 13.0 Å². The van der Waals surface area contributed by atoms with Crippen LogP contribution in [-0.4, -0.2) is 16.4 Å². The van der Waals surface area contributed by atoms with Crippen LogP contribution in [0.1, 0.15) is 22.3 Å². The molecule has 6 N–H and O–H groups in total. The van der Waals surface area contributed by atoms with Crippen LogP contribution in [-0.2, 0) is 13.0 Å². The Labute approximate surface area is 278 Å². The van der Waals surface area contributed by atoms with Gasteiger partial charge in [-0.1, -0.05) is 116 Å². The van der Waals surface area contributed by atoms with E-state index >= 15 is 0 Å². The molecular formula is C40H36N6S. The third-order valence-electron chi connectivity index (χ3n) is 7.98. The Hall–Kier alpha value is -5.92. The van der Waals surface area contributed by atoms with E-state index in [4.69, 9.17) is 27.2 Å². The Kier molecular flexibility index (Phi) is 9.00. The normalized spacial score (nSPS) is 12.5. The molecule has 2 heterocycles. The summed E-state index contributed by atoms with van der Waals surface area (Å²) < 4.78 is 3.06. The van der Waals surface area contributed by atoms with Crippen molar-refractivity contribution in [2.75, 3.05) is 11.5 Å². The van der Waals surface area contributed by atoms with Crippen LogP contribution < -0.4 is 17.2 Å². The monoisotopic (exact) mass is 632 g/mol. The number of benzene rings is 4. The Morgan fingerprint density at radius 2 is 1.53 bits per heavy atom. The zero-order chi connectivity index (χ0) is 32.9. The van der Waals surface area contributed by atoms with Gasteiger partial charge < -0.3 is 17.2 Å². The van der Waals surface area contributed by atoms with Crippen LogP contribution >= 0.6 is 11.3 Å². The van der Waals surface area contributed by atoms with Gasteiger partial charge >= 0.3 is 0 Å². The average molecular weight is 633 g/mol. The SMILES string of the molecule is C=C/C=C(\C=C)c1cccc(/C(N)=N/C(=NCc2cccc(CC=C)c2)n2c(-c3c(N)sc4ccccc34)c(N)c3ccccc32)c1. The minimum atomic E-state index is 0.304. The summed E-state index contributed by atoms with van der Waals surface area (Å²) >= 11 is 1.53. The lowest BCUT2D eigenvalue weighted by atomic mass is 10.0. The summed E-state index contributed by atoms with van der Waals surface area (Å²) in [5.74, 6) is 0.698. The van der Waals surface area contributed by atoms with Gasteiger partial charge in [0.1, 0.15) is 5.84 Å². The van der Waals surface area contributed by atoms with Crippen LogP contribution in [0.2, 0.25) is 0 Å². The average Bonchev–Trinajstić information content (AvgIpc) is 3.57. The maximum Gasteiger partial charge on any atom is 0.232 e. The van der Waals surface area contributed by atoms with Gasteiger partial charge in [0, 0.05) is 26.6 Å². The molecule has 0 spiro atoms. The summed E-state index contributed by atoms with van der Waals surface area (Å²) in [6.45, 7) is 12.0. The third kappa shape index (κ3) is 6.17. The van der Waals surface area contributed by atoms with Crippen molar-refractivity contribution in [1.82, 2.24) is 4.57 Å². The largest absolute Gasteiger partial charge is 0.396 e. The molecule has 0 amide bonds. The molecule has 7 heteroatoms. The number of aromatic nitrogens is 1. The minimum absolute atomic E-state index is 0.304. The first kappa shape index (κ1) is 31.1. The zero-order valence-corrected chi connectivity index (χ0v) is 26.9. The molecule has 232 valence electrons. The van der Waals surface area contributed by atoms with Crippen molar-refractivity contribution >= 4 is 60.4 Å². The molecule has 0 saturated heterocycles. The van der Waals surface area contributed by atoms with Crippen LogP contribution in [0.25, 0.3) is 37.8 Å². The number of hydrogen-bond acceptors (Lipinski definition) is 4. The van der Waals surface area contributed by atoms with E-state index < -0.39 is 0 Å². The molecular weight excluding hydrogens is 597 g/mol. The van der Waals surface area contributed by atoms with Crippen molar-refractivity contribution in [1.29, 1.82) is 0 Å². The number of anilines is 2. The fourth-order valence-electron chi connectivity index (χ4n) is 5.81. The number of thiophene rings is 1. The van der Waals surface area contributed by atoms with E-state index in [-0.39, 0.29) is 0 Å². The molecule has 0 atom stereocenters. The van der Waals surface area contributed by atoms with Crippen molar-refractivity contribution in [3.63, 3.8) is 0 Å².